The summed E-state index contributed by atoms with van der Waals surface area (Å²) in [5, 5.41) is 18.2. The van der Waals surface area contributed by atoms with Gasteiger partial charge in [-0.25, -0.2) is 14.0 Å². The molecule has 0 aromatic heterocycles. The first-order chi connectivity index (χ1) is 9.40. The van der Waals surface area contributed by atoms with Crippen molar-refractivity contribution in [3.05, 3.63) is 58.4 Å². The van der Waals surface area contributed by atoms with Crippen LogP contribution in [0.1, 0.15) is 20.7 Å². The van der Waals surface area contributed by atoms with E-state index in [0.717, 1.165) is 18.2 Å². The van der Waals surface area contributed by atoms with Gasteiger partial charge >= 0.3 is 11.9 Å². The van der Waals surface area contributed by atoms with E-state index in [1.54, 1.807) is 0 Å². The number of carbonyl (C=O) groups is 2. The van der Waals surface area contributed by atoms with Gasteiger partial charge in [0.2, 0.25) is 0 Å². The lowest BCUT2D eigenvalue weighted by molar-refractivity contribution is 0.0687. The highest BCUT2D eigenvalue weighted by Crippen LogP contribution is 2.30. The van der Waals surface area contributed by atoms with Gasteiger partial charge in [0.1, 0.15) is 5.82 Å². The molecule has 0 fully saturated rings. The van der Waals surface area contributed by atoms with Crippen LogP contribution in [0.5, 0.6) is 0 Å². The van der Waals surface area contributed by atoms with E-state index in [0.29, 0.717) is 0 Å². The zero-order chi connectivity index (χ0) is 14.9. The Morgan fingerprint density at radius 2 is 1.65 bits per heavy atom. The second-order valence-corrected chi connectivity index (χ2v) is 4.43. The molecule has 0 bridgehead atoms. The topological polar surface area (TPSA) is 74.6 Å². The molecular weight excluding hydrogens is 287 g/mol. The molecule has 0 saturated heterocycles. The zero-order valence-electron chi connectivity index (χ0n) is 9.93. The monoisotopic (exact) mass is 294 g/mol. The first kappa shape index (κ1) is 14.0. The average molecular weight is 295 g/mol. The number of rotatable bonds is 3. The largest absolute Gasteiger partial charge is 0.478 e. The second-order valence-electron chi connectivity index (χ2n) is 3.99. The number of carboxylic acid groups (broad SMARTS) is 2. The molecule has 0 atom stereocenters. The summed E-state index contributed by atoms with van der Waals surface area (Å²) in [7, 11) is 0. The first-order valence-electron chi connectivity index (χ1n) is 5.46. The Balaban J connectivity index is 2.73. The van der Waals surface area contributed by atoms with Crippen molar-refractivity contribution in [1.29, 1.82) is 0 Å². The Morgan fingerprint density at radius 3 is 2.25 bits per heavy atom. The van der Waals surface area contributed by atoms with Crippen LogP contribution >= 0.6 is 11.6 Å². The van der Waals surface area contributed by atoms with Crippen molar-refractivity contribution in [2.75, 3.05) is 0 Å². The fraction of sp³-hybridized carbons (Fsp3) is 0. The predicted octanol–water partition coefficient (Wildman–Crippen LogP) is 3.54. The smallest absolute Gasteiger partial charge is 0.336 e. The van der Waals surface area contributed by atoms with Crippen molar-refractivity contribution >= 4 is 23.5 Å². The van der Waals surface area contributed by atoms with Crippen LogP contribution in [0.15, 0.2) is 36.4 Å². The molecule has 0 saturated carbocycles. The number of halogens is 2. The van der Waals surface area contributed by atoms with Crippen LogP contribution in [0.3, 0.4) is 0 Å². The highest BCUT2D eigenvalue weighted by Gasteiger charge is 2.17. The van der Waals surface area contributed by atoms with Crippen LogP contribution in [0.25, 0.3) is 11.1 Å². The molecule has 0 spiro atoms. The van der Waals surface area contributed by atoms with Gasteiger partial charge in [-0.2, -0.15) is 0 Å². The summed E-state index contributed by atoms with van der Waals surface area (Å²) >= 11 is 5.79. The van der Waals surface area contributed by atoms with Crippen molar-refractivity contribution in [2.45, 2.75) is 0 Å². The number of hydrogen-bond acceptors (Lipinski definition) is 2. The molecule has 6 heteroatoms. The zero-order valence-corrected chi connectivity index (χ0v) is 10.7. The molecule has 2 aromatic rings. The first-order valence-corrected chi connectivity index (χ1v) is 5.84. The Labute approximate surface area is 118 Å². The minimum absolute atomic E-state index is 0.0330. The maximum Gasteiger partial charge on any atom is 0.336 e. The third kappa shape index (κ3) is 2.62. The normalized spacial score (nSPS) is 10.3. The Bertz CT molecular complexity index is 712. The fourth-order valence-electron chi connectivity index (χ4n) is 1.79. The highest BCUT2D eigenvalue weighted by molar-refractivity contribution is 6.31. The number of benzene rings is 2. The quantitative estimate of drug-likeness (QED) is 0.908. The summed E-state index contributed by atoms with van der Waals surface area (Å²) in [4.78, 5) is 22.1. The lowest BCUT2D eigenvalue weighted by Crippen LogP contribution is -2.02. The molecule has 0 heterocycles. The van der Waals surface area contributed by atoms with Crippen LogP contribution in [-0.4, -0.2) is 22.2 Å². The lowest BCUT2D eigenvalue weighted by atomic mass is 9.97. The molecule has 0 radical (unpaired) electrons. The number of hydrogen-bond donors (Lipinski definition) is 2. The summed E-state index contributed by atoms with van der Waals surface area (Å²) in [6.45, 7) is 0. The van der Waals surface area contributed by atoms with Crippen LogP contribution in [0.2, 0.25) is 5.02 Å². The fourth-order valence-corrected chi connectivity index (χ4v) is 1.96. The third-order valence-corrected chi connectivity index (χ3v) is 2.95. The minimum Gasteiger partial charge on any atom is -0.478 e. The molecule has 0 unspecified atom stereocenters. The van der Waals surface area contributed by atoms with Gasteiger partial charge in [-0.15, -0.1) is 0 Å². The number of carboxylic acids is 2. The maximum atomic E-state index is 13.9. The number of aromatic carboxylic acids is 2. The van der Waals surface area contributed by atoms with E-state index >= 15 is 0 Å². The Kier molecular flexibility index (Phi) is 3.72. The van der Waals surface area contributed by atoms with Crippen molar-refractivity contribution in [1.82, 2.24) is 0 Å². The van der Waals surface area contributed by atoms with Gasteiger partial charge in [-0.1, -0.05) is 11.6 Å². The summed E-state index contributed by atoms with van der Waals surface area (Å²) < 4.78 is 13.9. The molecule has 0 aliphatic rings. The van der Waals surface area contributed by atoms with Gasteiger partial charge in [0.25, 0.3) is 0 Å². The highest BCUT2D eigenvalue weighted by atomic mass is 35.5. The van der Waals surface area contributed by atoms with Gasteiger partial charge in [-0.3, -0.25) is 0 Å². The van der Waals surface area contributed by atoms with E-state index in [9.17, 15) is 14.0 Å². The molecule has 2 aromatic carbocycles. The van der Waals surface area contributed by atoms with Crippen LogP contribution in [-0.2, 0) is 0 Å². The molecule has 102 valence electrons. The van der Waals surface area contributed by atoms with Gasteiger partial charge in [-0.05, 0) is 36.4 Å². The summed E-state index contributed by atoms with van der Waals surface area (Å²) in [6.07, 6.45) is 0. The standard InChI is InChI=1S/C14H8ClFO4/c15-8-2-3-9(14(19)20)10(6-8)11-5-7(13(17)18)1-4-12(11)16/h1-6H,(H,17,18)(H,19,20). The molecule has 0 amide bonds. The molecular formula is C14H8ClFO4. The molecule has 0 aliphatic carbocycles. The second kappa shape index (κ2) is 5.30. The van der Waals surface area contributed by atoms with Crippen LogP contribution < -0.4 is 0 Å². The minimum atomic E-state index is -1.25. The van der Waals surface area contributed by atoms with Crippen LogP contribution in [0, 0.1) is 5.82 Å². The summed E-state index contributed by atoms with van der Waals surface area (Å²) in [6, 6.07) is 7.06. The lowest BCUT2D eigenvalue weighted by Gasteiger charge is -2.09. The predicted molar refractivity (Wildman–Crippen MR) is 70.8 cm³/mol. The molecule has 0 aliphatic heterocycles. The van der Waals surface area contributed by atoms with E-state index in [4.69, 9.17) is 21.8 Å². The Morgan fingerprint density at radius 1 is 0.950 bits per heavy atom. The van der Waals surface area contributed by atoms with Crippen molar-refractivity contribution in [3.63, 3.8) is 0 Å². The SMILES string of the molecule is O=C(O)c1ccc(F)c(-c2cc(Cl)ccc2C(=O)O)c1. The van der Waals surface area contributed by atoms with Gasteiger partial charge in [0.15, 0.2) is 0 Å². The molecule has 20 heavy (non-hydrogen) atoms. The van der Waals surface area contributed by atoms with E-state index in [-0.39, 0.29) is 27.3 Å². The summed E-state index contributed by atoms with van der Waals surface area (Å²) in [5.74, 6) is -3.21. The van der Waals surface area contributed by atoms with E-state index in [1.807, 2.05) is 0 Å². The average Bonchev–Trinajstić information content (AvgIpc) is 2.38. The maximum absolute atomic E-state index is 13.9. The molecule has 2 rings (SSSR count). The van der Waals surface area contributed by atoms with Gasteiger partial charge < -0.3 is 10.2 Å². The summed E-state index contributed by atoms with van der Waals surface area (Å²) in [5.41, 5.74) is -0.385. The van der Waals surface area contributed by atoms with E-state index in [2.05, 4.69) is 0 Å². The third-order valence-electron chi connectivity index (χ3n) is 2.72. The van der Waals surface area contributed by atoms with Crippen LogP contribution in [0.4, 0.5) is 4.39 Å². The van der Waals surface area contributed by atoms with Gasteiger partial charge in [0, 0.05) is 16.1 Å². The van der Waals surface area contributed by atoms with Gasteiger partial charge in [0.05, 0.1) is 11.1 Å². The van der Waals surface area contributed by atoms with Crippen molar-refractivity contribution < 1.29 is 24.2 Å². The molecule has 2 N–H and O–H groups in total. The van der Waals surface area contributed by atoms with Crippen molar-refractivity contribution in [2.24, 2.45) is 0 Å². The molecule has 4 nitrogen and oxygen atoms in total. The Hall–Kier alpha value is -2.40. The van der Waals surface area contributed by atoms with Crippen molar-refractivity contribution in [3.8, 4) is 11.1 Å². The van der Waals surface area contributed by atoms with E-state index < -0.39 is 17.8 Å². The van der Waals surface area contributed by atoms with E-state index in [1.165, 1.54) is 18.2 Å².